The van der Waals surface area contributed by atoms with E-state index in [1.807, 2.05) is 0 Å². The third kappa shape index (κ3) is 3.06. The normalized spacial score (nSPS) is 34.0. The summed E-state index contributed by atoms with van der Waals surface area (Å²) in [6, 6.07) is 0.623. The lowest BCUT2D eigenvalue weighted by molar-refractivity contribution is -0.149. The van der Waals surface area contributed by atoms with Gasteiger partial charge in [-0.2, -0.15) is 0 Å². The average Bonchev–Trinajstić information content (AvgIpc) is 2.69. The highest BCUT2D eigenvalue weighted by atomic mass is 16.5. The number of hydrogen-bond acceptors (Lipinski definition) is 3. The molecule has 0 bridgehead atoms. The fraction of sp³-hybridized carbons (Fsp3) is 1.00. The minimum Gasteiger partial charge on any atom is -0.378 e. The molecule has 1 saturated carbocycles. The first-order valence-electron chi connectivity index (χ1n) is 7.53. The molecule has 0 unspecified atom stereocenters. The van der Waals surface area contributed by atoms with Gasteiger partial charge in [-0.25, -0.2) is 0 Å². The molecule has 1 spiro atoms. The van der Waals surface area contributed by atoms with E-state index in [0.717, 1.165) is 26.3 Å². The summed E-state index contributed by atoms with van der Waals surface area (Å²) in [4.78, 5) is 2.57. The molecule has 2 rings (SSSR count). The largest absolute Gasteiger partial charge is 0.378 e. The van der Waals surface area contributed by atoms with Crippen molar-refractivity contribution in [3.05, 3.63) is 0 Å². The maximum atomic E-state index is 6.23. The molecule has 18 heavy (non-hydrogen) atoms. The Morgan fingerprint density at radius 1 is 1.33 bits per heavy atom. The third-order valence-corrected chi connectivity index (χ3v) is 4.50. The SMILES string of the molecule is CC(C)OC[C@@H]1CCC[C@@]12CN(C(C)C)CCO2. The van der Waals surface area contributed by atoms with Gasteiger partial charge in [0.1, 0.15) is 0 Å². The van der Waals surface area contributed by atoms with Crippen molar-refractivity contribution in [2.75, 3.05) is 26.3 Å². The van der Waals surface area contributed by atoms with Crippen molar-refractivity contribution in [3.8, 4) is 0 Å². The fourth-order valence-corrected chi connectivity index (χ4v) is 3.33. The van der Waals surface area contributed by atoms with E-state index in [0.29, 0.717) is 18.1 Å². The van der Waals surface area contributed by atoms with Crippen LogP contribution < -0.4 is 0 Å². The van der Waals surface area contributed by atoms with E-state index in [-0.39, 0.29) is 5.60 Å². The van der Waals surface area contributed by atoms with Gasteiger partial charge in [0.15, 0.2) is 0 Å². The van der Waals surface area contributed by atoms with Gasteiger partial charge in [-0.05, 0) is 40.5 Å². The van der Waals surface area contributed by atoms with Crippen LogP contribution in [-0.4, -0.2) is 49.0 Å². The maximum Gasteiger partial charge on any atom is 0.0859 e. The van der Waals surface area contributed by atoms with E-state index in [9.17, 15) is 0 Å². The van der Waals surface area contributed by atoms with Gasteiger partial charge in [-0.15, -0.1) is 0 Å². The van der Waals surface area contributed by atoms with Crippen molar-refractivity contribution >= 4 is 0 Å². The van der Waals surface area contributed by atoms with Gasteiger partial charge in [0.2, 0.25) is 0 Å². The van der Waals surface area contributed by atoms with Gasteiger partial charge >= 0.3 is 0 Å². The molecular weight excluding hydrogens is 226 g/mol. The van der Waals surface area contributed by atoms with E-state index in [1.54, 1.807) is 0 Å². The predicted octanol–water partition coefficient (Wildman–Crippen LogP) is 2.69. The van der Waals surface area contributed by atoms with Crippen LogP contribution in [0.3, 0.4) is 0 Å². The van der Waals surface area contributed by atoms with Gasteiger partial charge < -0.3 is 9.47 Å². The first-order chi connectivity index (χ1) is 8.53. The molecule has 0 aromatic rings. The standard InChI is InChI=1S/C15H29NO2/c1-12(2)16-8-9-18-15(11-16)7-5-6-14(15)10-17-13(3)4/h12-14H,5-11H2,1-4H3/t14-,15+/m0/s1. The zero-order valence-corrected chi connectivity index (χ0v) is 12.4. The summed E-state index contributed by atoms with van der Waals surface area (Å²) in [6.07, 6.45) is 4.09. The van der Waals surface area contributed by atoms with Crippen molar-refractivity contribution in [1.29, 1.82) is 0 Å². The summed E-state index contributed by atoms with van der Waals surface area (Å²) >= 11 is 0. The average molecular weight is 255 g/mol. The lowest BCUT2D eigenvalue weighted by Crippen LogP contribution is -2.56. The van der Waals surface area contributed by atoms with Crippen LogP contribution in [0, 0.1) is 5.92 Å². The molecule has 0 amide bonds. The van der Waals surface area contributed by atoms with Gasteiger partial charge in [0, 0.05) is 25.0 Å². The highest BCUT2D eigenvalue weighted by molar-refractivity contribution is 4.98. The third-order valence-electron chi connectivity index (χ3n) is 4.50. The highest BCUT2D eigenvalue weighted by Crippen LogP contribution is 2.41. The second-order valence-electron chi connectivity index (χ2n) is 6.45. The number of morpholine rings is 1. The van der Waals surface area contributed by atoms with Gasteiger partial charge in [0.25, 0.3) is 0 Å². The van der Waals surface area contributed by atoms with Crippen LogP contribution in [0.1, 0.15) is 47.0 Å². The minimum absolute atomic E-state index is 0.0808. The molecule has 2 fully saturated rings. The number of hydrogen-bond donors (Lipinski definition) is 0. The second-order valence-corrected chi connectivity index (χ2v) is 6.45. The molecule has 1 heterocycles. The number of ether oxygens (including phenoxy) is 2. The molecule has 2 atom stereocenters. The Bertz CT molecular complexity index is 267. The van der Waals surface area contributed by atoms with Gasteiger partial charge in [0.05, 0.1) is 24.9 Å². The monoisotopic (exact) mass is 255 g/mol. The minimum atomic E-state index is 0.0808. The molecule has 1 aliphatic carbocycles. The van der Waals surface area contributed by atoms with E-state index >= 15 is 0 Å². The molecule has 0 radical (unpaired) electrons. The molecule has 106 valence electrons. The Labute approximate surface area is 112 Å². The van der Waals surface area contributed by atoms with E-state index in [1.165, 1.54) is 19.3 Å². The van der Waals surface area contributed by atoms with Crippen LogP contribution in [-0.2, 0) is 9.47 Å². The van der Waals surface area contributed by atoms with Crippen LogP contribution in [0.15, 0.2) is 0 Å². The first kappa shape index (κ1) is 14.3. The lowest BCUT2D eigenvalue weighted by atomic mass is 9.89. The fourth-order valence-electron chi connectivity index (χ4n) is 3.33. The topological polar surface area (TPSA) is 21.7 Å². The summed E-state index contributed by atoms with van der Waals surface area (Å²) in [5.41, 5.74) is 0.0808. The van der Waals surface area contributed by atoms with Crippen molar-refractivity contribution in [1.82, 2.24) is 4.90 Å². The van der Waals surface area contributed by atoms with E-state index < -0.39 is 0 Å². The van der Waals surface area contributed by atoms with Crippen molar-refractivity contribution in [2.24, 2.45) is 5.92 Å². The Hall–Kier alpha value is -0.120. The number of rotatable bonds is 4. The quantitative estimate of drug-likeness (QED) is 0.771. The van der Waals surface area contributed by atoms with Crippen molar-refractivity contribution < 1.29 is 9.47 Å². The zero-order chi connectivity index (χ0) is 13.2. The molecule has 3 heteroatoms. The van der Waals surface area contributed by atoms with Crippen molar-refractivity contribution in [2.45, 2.75) is 64.7 Å². The van der Waals surface area contributed by atoms with Gasteiger partial charge in [-0.3, -0.25) is 4.90 Å². The Balaban J connectivity index is 1.99. The first-order valence-corrected chi connectivity index (χ1v) is 7.53. The van der Waals surface area contributed by atoms with Crippen LogP contribution in [0.5, 0.6) is 0 Å². The van der Waals surface area contributed by atoms with Crippen LogP contribution in [0.2, 0.25) is 0 Å². The smallest absolute Gasteiger partial charge is 0.0859 e. The molecule has 1 aliphatic heterocycles. The van der Waals surface area contributed by atoms with E-state index in [2.05, 4.69) is 32.6 Å². The Morgan fingerprint density at radius 3 is 2.78 bits per heavy atom. The summed E-state index contributed by atoms with van der Waals surface area (Å²) in [5, 5.41) is 0. The summed E-state index contributed by atoms with van der Waals surface area (Å²) in [5.74, 6) is 0.585. The Kier molecular flexibility index (Phi) is 4.68. The summed E-state index contributed by atoms with van der Waals surface area (Å²) < 4.78 is 12.1. The molecule has 2 aliphatic rings. The molecule has 0 N–H and O–H groups in total. The predicted molar refractivity (Wildman–Crippen MR) is 73.8 cm³/mol. The molecular formula is C15H29NO2. The van der Waals surface area contributed by atoms with Crippen LogP contribution in [0.4, 0.5) is 0 Å². The summed E-state index contributed by atoms with van der Waals surface area (Å²) in [6.45, 7) is 12.7. The Morgan fingerprint density at radius 2 is 2.11 bits per heavy atom. The van der Waals surface area contributed by atoms with E-state index in [4.69, 9.17) is 9.47 Å². The van der Waals surface area contributed by atoms with Crippen LogP contribution >= 0.6 is 0 Å². The molecule has 0 aromatic carbocycles. The highest BCUT2D eigenvalue weighted by Gasteiger charge is 2.47. The summed E-state index contributed by atoms with van der Waals surface area (Å²) in [7, 11) is 0. The zero-order valence-electron chi connectivity index (χ0n) is 12.4. The number of nitrogens with zero attached hydrogens (tertiary/aromatic N) is 1. The van der Waals surface area contributed by atoms with Gasteiger partial charge in [-0.1, -0.05) is 6.42 Å². The van der Waals surface area contributed by atoms with Crippen LogP contribution in [0.25, 0.3) is 0 Å². The van der Waals surface area contributed by atoms with Crippen molar-refractivity contribution in [3.63, 3.8) is 0 Å². The lowest BCUT2D eigenvalue weighted by Gasteiger charge is -2.45. The molecule has 1 saturated heterocycles. The molecule has 3 nitrogen and oxygen atoms in total. The second kappa shape index (κ2) is 5.89. The maximum absolute atomic E-state index is 6.23. The molecule has 0 aromatic heterocycles.